The number of allylic oxidation sites excluding steroid dienone is 5. The number of hydrogen-bond acceptors (Lipinski definition) is 14. The third-order valence-electron chi connectivity index (χ3n) is 10.6. The lowest BCUT2D eigenvalue weighted by molar-refractivity contribution is -0.216. The molecular weight excluding hydrogens is 850 g/mol. The SMILES string of the molecule is CCC/C=C\C/C=C\CCCCCCCC(=O)O[C@H](COC(=O)CCCCCCC/C=C\CC1OC1CCCCC)COP(=O)(O)O[C@H]1C(O)C(O)C(O)[C@@H](OP(=O)(O)O)C1O. The molecule has 2 fully saturated rings. The lowest BCUT2D eigenvalue weighted by Gasteiger charge is -2.43. The average Bonchev–Trinajstić information content (AvgIpc) is 3.98. The van der Waals surface area contributed by atoms with Crippen LogP contribution in [0.4, 0.5) is 0 Å². The van der Waals surface area contributed by atoms with Crippen LogP contribution in [-0.4, -0.2) is 115 Å². The molecule has 0 aromatic rings. The van der Waals surface area contributed by atoms with Gasteiger partial charge in [0.25, 0.3) is 0 Å². The van der Waals surface area contributed by atoms with Crippen LogP contribution in [0.25, 0.3) is 0 Å². The van der Waals surface area contributed by atoms with Crippen LogP contribution in [0.15, 0.2) is 36.5 Å². The van der Waals surface area contributed by atoms with Crippen LogP contribution >= 0.6 is 15.6 Å². The zero-order valence-electron chi connectivity index (χ0n) is 36.7. The van der Waals surface area contributed by atoms with Gasteiger partial charge in [0.1, 0.15) is 43.2 Å². The van der Waals surface area contributed by atoms with Crippen LogP contribution in [0.2, 0.25) is 0 Å². The van der Waals surface area contributed by atoms with Crippen LogP contribution in [-0.2, 0) is 46.5 Å². The van der Waals surface area contributed by atoms with Gasteiger partial charge in [-0.1, -0.05) is 115 Å². The number of rotatable bonds is 36. The highest BCUT2D eigenvalue weighted by Gasteiger charge is 2.54. The number of aliphatic hydroxyl groups is 4. The van der Waals surface area contributed by atoms with Crippen molar-refractivity contribution >= 4 is 27.6 Å². The summed E-state index contributed by atoms with van der Waals surface area (Å²) in [5, 5.41) is 41.2. The van der Waals surface area contributed by atoms with Gasteiger partial charge in [-0.05, 0) is 64.2 Å². The molecule has 360 valence electrons. The van der Waals surface area contributed by atoms with E-state index in [2.05, 4.69) is 54.8 Å². The minimum absolute atomic E-state index is 0.0215. The Bertz CT molecular complexity index is 1420. The first-order valence-corrected chi connectivity index (χ1v) is 25.7. The van der Waals surface area contributed by atoms with Gasteiger partial charge in [-0.25, -0.2) is 9.13 Å². The molecule has 1 heterocycles. The molecule has 1 aliphatic carbocycles. The van der Waals surface area contributed by atoms with E-state index in [0.29, 0.717) is 25.0 Å². The van der Waals surface area contributed by atoms with Crippen molar-refractivity contribution in [1.82, 2.24) is 0 Å². The summed E-state index contributed by atoms with van der Waals surface area (Å²) in [6, 6.07) is 0. The largest absolute Gasteiger partial charge is 0.472 e. The van der Waals surface area contributed by atoms with E-state index < -0.39 is 83.5 Å². The molecule has 2 aliphatic rings. The molecule has 0 bridgehead atoms. The summed E-state index contributed by atoms with van der Waals surface area (Å²) in [6.45, 7) is 2.97. The fourth-order valence-corrected chi connectivity index (χ4v) is 8.49. The summed E-state index contributed by atoms with van der Waals surface area (Å²) in [6.07, 6.45) is 18.5. The summed E-state index contributed by atoms with van der Waals surface area (Å²) in [5.74, 6) is -1.25. The summed E-state index contributed by atoms with van der Waals surface area (Å²) in [4.78, 5) is 54.2. The first-order valence-electron chi connectivity index (χ1n) is 22.7. The van der Waals surface area contributed by atoms with Crippen molar-refractivity contribution in [3.63, 3.8) is 0 Å². The van der Waals surface area contributed by atoms with E-state index in [1.165, 1.54) is 19.3 Å². The van der Waals surface area contributed by atoms with Crippen LogP contribution in [0.5, 0.6) is 0 Å². The summed E-state index contributed by atoms with van der Waals surface area (Å²) in [5.41, 5.74) is 0. The van der Waals surface area contributed by atoms with Crippen molar-refractivity contribution in [1.29, 1.82) is 0 Å². The van der Waals surface area contributed by atoms with Crippen molar-refractivity contribution < 1.29 is 81.6 Å². The van der Waals surface area contributed by atoms with Crippen molar-refractivity contribution in [2.24, 2.45) is 0 Å². The highest BCUT2D eigenvalue weighted by Crippen LogP contribution is 2.49. The molecule has 1 saturated heterocycles. The Morgan fingerprint density at radius 2 is 1.16 bits per heavy atom. The van der Waals surface area contributed by atoms with Gasteiger partial charge in [-0.15, -0.1) is 0 Å². The fraction of sp³-hybridized carbons (Fsp3) is 0.814. The van der Waals surface area contributed by atoms with Crippen LogP contribution < -0.4 is 0 Å². The second-order valence-corrected chi connectivity index (χ2v) is 18.7. The highest BCUT2D eigenvalue weighted by atomic mass is 31.2. The predicted molar refractivity (Wildman–Crippen MR) is 231 cm³/mol. The number of aliphatic hydroxyl groups excluding tert-OH is 4. The Morgan fingerprint density at radius 3 is 1.77 bits per heavy atom. The molecule has 17 nitrogen and oxygen atoms in total. The van der Waals surface area contributed by atoms with Crippen molar-refractivity contribution in [3.05, 3.63) is 36.5 Å². The molecule has 1 aliphatic heterocycles. The maximum atomic E-state index is 13.0. The van der Waals surface area contributed by atoms with Gasteiger partial charge in [0.05, 0.1) is 18.8 Å². The number of esters is 2. The molecule has 1 saturated carbocycles. The van der Waals surface area contributed by atoms with Gasteiger partial charge in [-0.2, -0.15) is 0 Å². The first kappa shape index (κ1) is 56.3. The number of carbonyl (C=O) groups is 2. The third-order valence-corrected chi connectivity index (χ3v) is 12.1. The zero-order chi connectivity index (χ0) is 45.8. The Balaban J connectivity index is 1.81. The van der Waals surface area contributed by atoms with Gasteiger partial charge in [-0.3, -0.25) is 23.2 Å². The number of carbonyl (C=O) groups excluding carboxylic acids is 2. The maximum absolute atomic E-state index is 13.0. The van der Waals surface area contributed by atoms with Gasteiger partial charge in [0, 0.05) is 12.8 Å². The van der Waals surface area contributed by atoms with Gasteiger partial charge in [0.15, 0.2) is 6.10 Å². The van der Waals surface area contributed by atoms with E-state index in [4.69, 9.17) is 33.0 Å². The first-order chi connectivity index (χ1) is 29.6. The van der Waals surface area contributed by atoms with Crippen LogP contribution in [0.1, 0.15) is 155 Å². The standard InChI is InChI=1S/C43H76O17P2/c1-3-5-7-8-9-10-11-12-13-14-19-22-26-30-37(45)57-33(32-56-62(53,54)60-43-40(48)38(46)39(47)42(41(43)49)59-61(50,51)52)31-55-36(44)29-25-21-18-16-15-17-20-24-28-35-34(58-35)27-23-6-4-2/h7-8,10-11,20,24,33-35,38-43,46-49H,3-6,9,12-19,21-23,25-32H2,1-2H3,(H,53,54)(H2,50,51,52)/b8-7-,11-10-,24-20-/t33-,34?,35?,38?,39?,40?,41?,42-,43+/m1/s1. The predicted octanol–water partition coefficient (Wildman–Crippen LogP) is 6.94. The molecule has 0 amide bonds. The van der Waals surface area contributed by atoms with E-state index in [1.807, 2.05) is 0 Å². The Kier molecular flexibility index (Phi) is 29.0. The van der Waals surface area contributed by atoms with Crippen molar-refractivity contribution in [2.75, 3.05) is 13.2 Å². The second-order valence-electron chi connectivity index (χ2n) is 16.1. The molecule has 7 unspecified atom stereocenters. The lowest BCUT2D eigenvalue weighted by atomic mass is 9.85. The number of phosphoric ester groups is 2. The van der Waals surface area contributed by atoms with E-state index in [-0.39, 0.29) is 12.8 Å². The lowest BCUT2D eigenvalue weighted by Crippen LogP contribution is -2.64. The number of unbranched alkanes of at least 4 members (excludes halogenated alkanes) is 13. The summed E-state index contributed by atoms with van der Waals surface area (Å²) in [7, 11) is -10.7. The third kappa shape index (κ3) is 25.6. The quantitative estimate of drug-likeness (QED) is 0.0110. The Hall–Kier alpha value is -1.82. The molecule has 2 rings (SSSR count). The molecule has 0 spiro atoms. The second kappa shape index (κ2) is 32.0. The molecule has 0 aromatic carbocycles. The maximum Gasteiger partial charge on any atom is 0.472 e. The Labute approximate surface area is 368 Å². The minimum Gasteiger partial charge on any atom is -0.462 e. The van der Waals surface area contributed by atoms with E-state index >= 15 is 0 Å². The summed E-state index contributed by atoms with van der Waals surface area (Å²) >= 11 is 0. The highest BCUT2D eigenvalue weighted by molar-refractivity contribution is 7.47. The van der Waals surface area contributed by atoms with Crippen molar-refractivity contribution in [3.8, 4) is 0 Å². The van der Waals surface area contributed by atoms with Gasteiger partial charge >= 0.3 is 27.6 Å². The smallest absolute Gasteiger partial charge is 0.462 e. The number of hydrogen-bond donors (Lipinski definition) is 7. The number of epoxide rings is 1. The van der Waals surface area contributed by atoms with E-state index in [1.54, 1.807) is 0 Å². The topological polar surface area (TPSA) is 269 Å². The number of phosphoric acid groups is 2. The molecular formula is C43H76O17P2. The molecule has 19 heteroatoms. The minimum atomic E-state index is -5.37. The normalized spacial score (nSPS) is 25.7. The molecule has 7 N–H and O–H groups in total. The zero-order valence-corrected chi connectivity index (χ0v) is 38.5. The number of ether oxygens (including phenoxy) is 3. The molecule has 62 heavy (non-hydrogen) atoms. The molecule has 0 radical (unpaired) electrons. The fourth-order valence-electron chi connectivity index (χ4n) is 6.95. The average molecular weight is 927 g/mol. The van der Waals surface area contributed by atoms with Crippen molar-refractivity contribution in [2.45, 2.75) is 210 Å². The van der Waals surface area contributed by atoms with E-state index in [9.17, 15) is 44.0 Å². The monoisotopic (exact) mass is 926 g/mol. The Morgan fingerprint density at radius 1 is 0.597 bits per heavy atom. The van der Waals surface area contributed by atoms with Crippen LogP contribution in [0.3, 0.4) is 0 Å². The molecule has 10 atom stereocenters. The van der Waals surface area contributed by atoms with Gasteiger partial charge in [0.2, 0.25) is 0 Å². The van der Waals surface area contributed by atoms with E-state index in [0.717, 1.165) is 96.3 Å². The van der Waals surface area contributed by atoms with Gasteiger partial charge < -0.3 is 49.3 Å². The summed E-state index contributed by atoms with van der Waals surface area (Å²) < 4.78 is 55.0. The van der Waals surface area contributed by atoms with Crippen LogP contribution in [0, 0.1) is 0 Å². The molecule has 0 aromatic heterocycles.